The summed E-state index contributed by atoms with van der Waals surface area (Å²) in [6.07, 6.45) is 3.22. The van der Waals surface area contributed by atoms with Gasteiger partial charge in [-0.25, -0.2) is 9.78 Å². The smallest absolute Gasteiger partial charge is 0.358 e. The molecule has 0 aliphatic carbocycles. The molecule has 0 aliphatic heterocycles. The molecular formula is C13H13N3O3. The van der Waals surface area contributed by atoms with Crippen LogP contribution in [0.3, 0.4) is 0 Å². The molecule has 19 heavy (non-hydrogen) atoms. The molecule has 2 aromatic rings. The molecule has 0 N–H and O–H groups in total. The molecule has 0 amide bonds. The number of hydrogen-bond donors (Lipinski definition) is 0. The van der Waals surface area contributed by atoms with Crippen molar-refractivity contribution in [3.05, 3.63) is 36.3 Å². The molecule has 0 spiro atoms. The van der Waals surface area contributed by atoms with Gasteiger partial charge in [-0.15, -0.1) is 5.10 Å². The molecule has 0 unspecified atom stereocenters. The van der Waals surface area contributed by atoms with Crippen LogP contribution < -0.4 is 4.74 Å². The third-order valence-electron chi connectivity index (χ3n) is 2.41. The zero-order valence-electron chi connectivity index (χ0n) is 10.7. The Morgan fingerprint density at radius 1 is 1.26 bits per heavy atom. The second kappa shape index (κ2) is 5.90. The third kappa shape index (κ3) is 3.04. The first-order valence-electron chi connectivity index (χ1n) is 5.75. The summed E-state index contributed by atoms with van der Waals surface area (Å²) in [5.41, 5.74) is 1.73. The maximum atomic E-state index is 11.4. The van der Waals surface area contributed by atoms with Crippen molar-refractivity contribution in [2.24, 2.45) is 0 Å². The van der Waals surface area contributed by atoms with Crippen molar-refractivity contribution in [1.29, 1.82) is 0 Å². The molecule has 0 aromatic carbocycles. The number of aromatic nitrogens is 3. The summed E-state index contributed by atoms with van der Waals surface area (Å²) in [7, 11) is 1.30. The van der Waals surface area contributed by atoms with E-state index >= 15 is 0 Å². The van der Waals surface area contributed by atoms with E-state index in [1.807, 2.05) is 13.0 Å². The van der Waals surface area contributed by atoms with Crippen LogP contribution in [0.15, 0.2) is 30.6 Å². The highest BCUT2D eigenvalue weighted by molar-refractivity contribution is 5.88. The highest BCUT2D eigenvalue weighted by atomic mass is 16.5. The Kier molecular flexibility index (Phi) is 4.02. The molecular weight excluding hydrogens is 246 g/mol. The molecule has 0 atom stereocenters. The van der Waals surface area contributed by atoms with E-state index in [9.17, 15) is 4.79 Å². The van der Waals surface area contributed by atoms with Crippen molar-refractivity contribution >= 4 is 5.97 Å². The van der Waals surface area contributed by atoms with Crippen LogP contribution in [0.25, 0.3) is 11.1 Å². The van der Waals surface area contributed by atoms with Gasteiger partial charge in [-0.3, -0.25) is 0 Å². The zero-order chi connectivity index (χ0) is 13.7. The Bertz CT molecular complexity index is 570. The first-order valence-corrected chi connectivity index (χ1v) is 5.75. The maximum absolute atomic E-state index is 11.4. The van der Waals surface area contributed by atoms with E-state index in [1.165, 1.54) is 7.11 Å². The van der Waals surface area contributed by atoms with Gasteiger partial charge in [0.25, 0.3) is 0 Å². The summed E-state index contributed by atoms with van der Waals surface area (Å²) in [6, 6.07) is 5.21. The molecule has 0 radical (unpaired) electrons. The molecule has 2 aromatic heterocycles. The standard InChI is InChI=1S/C13H13N3O3/c1-3-19-12-5-4-9(7-14-12)10-6-11(13(17)18-2)16-15-8-10/h4-8H,3H2,1-2H3. The lowest BCUT2D eigenvalue weighted by Gasteiger charge is -2.04. The van der Waals surface area contributed by atoms with Gasteiger partial charge in [0.2, 0.25) is 5.88 Å². The van der Waals surface area contributed by atoms with E-state index in [-0.39, 0.29) is 5.69 Å². The van der Waals surface area contributed by atoms with Crippen LogP contribution in [0, 0.1) is 0 Å². The summed E-state index contributed by atoms with van der Waals surface area (Å²) >= 11 is 0. The fourth-order valence-corrected chi connectivity index (χ4v) is 1.51. The Morgan fingerprint density at radius 2 is 2.11 bits per heavy atom. The monoisotopic (exact) mass is 259 g/mol. The van der Waals surface area contributed by atoms with Gasteiger partial charge >= 0.3 is 5.97 Å². The van der Waals surface area contributed by atoms with Crippen molar-refractivity contribution in [3.63, 3.8) is 0 Å². The highest BCUT2D eigenvalue weighted by Crippen LogP contribution is 2.20. The number of esters is 1. The Morgan fingerprint density at radius 3 is 2.74 bits per heavy atom. The largest absolute Gasteiger partial charge is 0.478 e. The van der Waals surface area contributed by atoms with Gasteiger partial charge in [0.15, 0.2) is 5.69 Å². The van der Waals surface area contributed by atoms with Gasteiger partial charge in [-0.05, 0) is 19.1 Å². The zero-order valence-corrected chi connectivity index (χ0v) is 10.7. The topological polar surface area (TPSA) is 74.2 Å². The second-order valence-corrected chi connectivity index (χ2v) is 3.64. The van der Waals surface area contributed by atoms with Crippen LogP contribution in [-0.4, -0.2) is 34.9 Å². The average Bonchev–Trinajstić information content (AvgIpc) is 2.48. The number of carbonyl (C=O) groups is 1. The van der Waals surface area contributed by atoms with Gasteiger partial charge in [0.05, 0.1) is 19.9 Å². The summed E-state index contributed by atoms with van der Waals surface area (Å²) in [4.78, 5) is 15.5. The number of hydrogen-bond acceptors (Lipinski definition) is 6. The van der Waals surface area contributed by atoms with Gasteiger partial charge < -0.3 is 9.47 Å². The molecule has 0 fully saturated rings. The molecule has 6 nitrogen and oxygen atoms in total. The number of nitrogens with zero attached hydrogens (tertiary/aromatic N) is 3. The van der Waals surface area contributed by atoms with Gasteiger partial charge in [0.1, 0.15) is 0 Å². The summed E-state index contributed by atoms with van der Waals surface area (Å²) < 4.78 is 9.86. The number of ether oxygens (including phenoxy) is 2. The fraction of sp³-hybridized carbons (Fsp3) is 0.231. The minimum absolute atomic E-state index is 0.161. The third-order valence-corrected chi connectivity index (χ3v) is 2.41. The van der Waals surface area contributed by atoms with E-state index in [2.05, 4.69) is 19.9 Å². The Labute approximate surface area is 110 Å². The molecule has 0 aliphatic rings. The number of carbonyl (C=O) groups excluding carboxylic acids is 1. The molecule has 2 heterocycles. The Hall–Kier alpha value is -2.50. The van der Waals surface area contributed by atoms with Crippen molar-refractivity contribution in [1.82, 2.24) is 15.2 Å². The molecule has 0 bridgehead atoms. The van der Waals surface area contributed by atoms with Gasteiger partial charge in [0, 0.05) is 23.4 Å². The van der Waals surface area contributed by atoms with Crippen molar-refractivity contribution < 1.29 is 14.3 Å². The number of methoxy groups -OCH3 is 1. The van der Waals surface area contributed by atoms with Crippen LogP contribution in [0.2, 0.25) is 0 Å². The SMILES string of the molecule is CCOc1ccc(-c2cnnc(C(=O)OC)c2)cn1. The van der Waals surface area contributed by atoms with Crippen molar-refractivity contribution in [3.8, 4) is 17.0 Å². The van der Waals surface area contributed by atoms with E-state index < -0.39 is 5.97 Å². The van der Waals surface area contributed by atoms with E-state index in [0.29, 0.717) is 12.5 Å². The maximum Gasteiger partial charge on any atom is 0.358 e. The predicted molar refractivity (Wildman–Crippen MR) is 67.8 cm³/mol. The first-order chi connectivity index (χ1) is 9.24. The summed E-state index contributed by atoms with van der Waals surface area (Å²) in [6.45, 7) is 2.46. The normalized spacial score (nSPS) is 10.0. The molecule has 0 saturated heterocycles. The van der Waals surface area contributed by atoms with Crippen LogP contribution in [0.1, 0.15) is 17.4 Å². The fourth-order valence-electron chi connectivity index (χ4n) is 1.51. The summed E-state index contributed by atoms with van der Waals surface area (Å²) in [5, 5.41) is 7.49. The number of rotatable bonds is 4. The lowest BCUT2D eigenvalue weighted by molar-refractivity contribution is 0.0592. The lowest BCUT2D eigenvalue weighted by atomic mass is 10.1. The van der Waals surface area contributed by atoms with Crippen LogP contribution in [-0.2, 0) is 4.74 Å². The molecule has 2 rings (SSSR count). The molecule has 6 heteroatoms. The summed E-state index contributed by atoms with van der Waals surface area (Å²) in [5.74, 6) is 0.0368. The predicted octanol–water partition coefficient (Wildman–Crippen LogP) is 1.72. The van der Waals surface area contributed by atoms with E-state index in [1.54, 1.807) is 24.5 Å². The van der Waals surface area contributed by atoms with Crippen LogP contribution in [0.5, 0.6) is 5.88 Å². The van der Waals surface area contributed by atoms with Gasteiger partial charge in [-0.2, -0.15) is 5.10 Å². The second-order valence-electron chi connectivity index (χ2n) is 3.64. The highest BCUT2D eigenvalue weighted by Gasteiger charge is 2.09. The van der Waals surface area contributed by atoms with Gasteiger partial charge in [-0.1, -0.05) is 0 Å². The minimum Gasteiger partial charge on any atom is -0.478 e. The number of pyridine rings is 1. The lowest BCUT2D eigenvalue weighted by Crippen LogP contribution is -2.05. The van der Waals surface area contributed by atoms with Crippen LogP contribution in [0.4, 0.5) is 0 Å². The molecule has 0 saturated carbocycles. The van der Waals surface area contributed by atoms with Crippen LogP contribution >= 0.6 is 0 Å². The minimum atomic E-state index is -0.520. The first kappa shape index (κ1) is 12.9. The van der Waals surface area contributed by atoms with E-state index in [0.717, 1.165) is 11.1 Å². The van der Waals surface area contributed by atoms with Crippen molar-refractivity contribution in [2.45, 2.75) is 6.92 Å². The molecule has 98 valence electrons. The van der Waals surface area contributed by atoms with Crippen molar-refractivity contribution in [2.75, 3.05) is 13.7 Å². The quantitative estimate of drug-likeness (QED) is 0.778. The Balaban J connectivity index is 2.28. The van der Waals surface area contributed by atoms with E-state index in [4.69, 9.17) is 4.74 Å². The average molecular weight is 259 g/mol.